The van der Waals surface area contributed by atoms with Gasteiger partial charge in [-0.05, 0) is 40.5 Å². The lowest BCUT2D eigenvalue weighted by Gasteiger charge is -2.09. The molecule has 0 unspecified atom stereocenters. The molecule has 0 fully saturated rings. The Morgan fingerprint density at radius 3 is 2.81 bits per heavy atom. The lowest BCUT2D eigenvalue weighted by Crippen LogP contribution is -2.20. The van der Waals surface area contributed by atoms with Crippen LogP contribution in [0.1, 0.15) is 12.0 Å². The average Bonchev–Trinajstić information content (AvgIpc) is 2.12. The number of halogens is 2. The Morgan fingerprint density at radius 1 is 1.62 bits per heavy atom. The van der Waals surface area contributed by atoms with Crippen LogP contribution in [0.5, 0.6) is 0 Å². The summed E-state index contributed by atoms with van der Waals surface area (Å²) in [5, 5.41) is 2.54. The molecular weight excluding hydrogens is 295 g/mol. The summed E-state index contributed by atoms with van der Waals surface area (Å²) in [6, 6.07) is 2.84. The summed E-state index contributed by atoms with van der Waals surface area (Å²) in [6.45, 7) is 1.76. The summed E-state index contributed by atoms with van der Waals surface area (Å²) in [6.07, 6.45) is -0.0492. The Bertz CT molecular complexity index is 451. The van der Waals surface area contributed by atoms with Gasteiger partial charge in [-0.1, -0.05) is 12.2 Å². The fourth-order valence-corrected chi connectivity index (χ4v) is 1.72. The molecule has 0 saturated heterocycles. The Morgan fingerprint density at radius 2 is 2.25 bits per heavy atom. The molecule has 86 valence electrons. The van der Waals surface area contributed by atoms with Crippen molar-refractivity contribution in [3.63, 3.8) is 0 Å². The normalized spacial score (nSPS) is 9.94. The number of thiocarbonyl (C=S) groups is 1. The van der Waals surface area contributed by atoms with Crippen LogP contribution < -0.4 is 11.1 Å². The van der Waals surface area contributed by atoms with Gasteiger partial charge in [-0.25, -0.2) is 4.39 Å². The van der Waals surface area contributed by atoms with Crippen LogP contribution in [-0.4, -0.2) is 10.9 Å². The van der Waals surface area contributed by atoms with Gasteiger partial charge in [0.1, 0.15) is 5.82 Å². The predicted octanol–water partition coefficient (Wildman–Crippen LogP) is 2.51. The highest BCUT2D eigenvalue weighted by Crippen LogP contribution is 2.23. The van der Waals surface area contributed by atoms with Crippen molar-refractivity contribution < 1.29 is 9.18 Å². The number of carbonyl (C=O) groups excluding carboxylic acids is 1. The molecule has 0 radical (unpaired) electrons. The van der Waals surface area contributed by atoms with Crippen LogP contribution in [0, 0.1) is 12.7 Å². The first kappa shape index (κ1) is 13.1. The van der Waals surface area contributed by atoms with E-state index in [0.717, 1.165) is 5.56 Å². The van der Waals surface area contributed by atoms with Crippen LogP contribution in [0.3, 0.4) is 0 Å². The fourth-order valence-electron chi connectivity index (χ4n) is 1.13. The molecule has 0 aliphatic rings. The molecule has 0 atom stereocenters. The van der Waals surface area contributed by atoms with Crippen molar-refractivity contribution in [3.05, 3.63) is 28.0 Å². The first-order valence-electron chi connectivity index (χ1n) is 4.44. The highest BCUT2D eigenvalue weighted by atomic mass is 79.9. The Hall–Kier alpha value is -1.01. The molecule has 0 aliphatic carbocycles. The number of hydrogen-bond acceptors (Lipinski definition) is 2. The van der Waals surface area contributed by atoms with Gasteiger partial charge >= 0.3 is 0 Å². The molecule has 0 aromatic heterocycles. The number of anilines is 1. The van der Waals surface area contributed by atoms with E-state index in [9.17, 15) is 9.18 Å². The van der Waals surface area contributed by atoms with Gasteiger partial charge in [0.05, 0.1) is 15.9 Å². The molecule has 1 rings (SSSR count). The monoisotopic (exact) mass is 304 g/mol. The standard InChI is InChI=1S/C10H10BrFN2OS/c1-5-2-6(11)7(12)3-8(5)14-10(15)4-9(13)16/h2-3H,4H2,1H3,(H2,13,16)(H,14,15). The Balaban J connectivity index is 2.85. The van der Waals surface area contributed by atoms with E-state index in [-0.39, 0.29) is 17.3 Å². The van der Waals surface area contributed by atoms with Crippen molar-refractivity contribution >= 4 is 44.7 Å². The molecule has 3 N–H and O–H groups in total. The molecule has 1 aromatic rings. The second-order valence-electron chi connectivity index (χ2n) is 3.27. The number of nitrogens with two attached hydrogens (primary N) is 1. The zero-order chi connectivity index (χ0) is 12.3. The summed E-state index contributed by atoms with van der Waals surface area (Å²) in [5.41, 5.74) is 6.40. The zero-order valence-electron chi connectivity index (χ0n) is 8.51. The largest absolute Gasteiger partial charge is 0.393 e. The van der Waals surface area contributed by atoms with Gasteiger partial charge in [0.15, 0.2) is 0 Å². The maximum Gasteiger partial charge on any atom is 0.231 e. The minimum Gasteiger partial charge on any atom is -0.393 e. The quantitative estimate of drug-likeness (QED) is 0.844. The van der Waals surface area contributed by atoms with E-state index in [1.165, 1.54) is 6.07 Å². The lowest BCUT2D eigenvalue weighted by atomic mass is 10.2. The highest BCUT2D eigenvalue weighted by Gasteiger charge is 2.09. The minimum absolute atomic E-state index is 0.0492. The third-order valence-corrected chi connectivity index (χ3v) is 2.63. The summed E-state index contributed by atoms with van der Waals surface area (Å²) in [4.78, 5) is 11.5. The Labute approximate surface area is 106 Å². The van der Waals surface area contributed by atoms with Crippen LogP contribution in [0.2, 0.25) is 0 Å². The van der Waals surface area contributed by atoms with Crippen LogP contribution >= 0.6 is 28.1 Å². The number of benzene rings is 1. The maximum absolute atomic E-state index is 13.2. The number of amides is 1. The molecule has 0 aliphatic heterocycles. The molecule has 0 bridgehead atoms. The van der Waals surface area contributed by atoms with E-state index in [1.807, 2.05) is 0 Å². The number of hydrogen-bond donors (Lipinski definition) is 2. The van der Waals surface area contributed by atoms with Gasteiger partial charge in [-0.3, -0.25) is 4.79 Å². The Kier molecular flexibility index (Phi) is 4.37. The fraction of sp³-hybridized carbons (Fsp3) is 0.200. The third kappa shape index (κ3) is 3.53. The van der Waals surface area contributed by atoms with Crippen molar-refractivity contribution in [2.24, 2.45) is 5.73 Å². The minimum atomic E-state index is -0.434. The topological polar surface area (TPSA) is 55.1 Å². The van der Waals surface area contributed by atoms with Gasteiger partial charge in [0, 0.05) is 5.69 Å². The molecule has 0 spiro atoms. The van der Waals surface area contributed by atoms with Gasteiger partial charge in [0.2, 0.25) is 5.91 Å². The zero-order valence-corrected chi connectivity index (χ0v) is 10.9. The summed E-state index contributed by atoms with van der Waals surface area (Å²) in [5.74, 6) is -0.784. The molecule has 6 heteroatoms. The molecule has 1 amide bonds. The SMILES string of the molecule is Cc1cc(Br)c(F)cc1NC(=O)CC(N)=S. The van der Waals surface area contributed by atoms with Crippen molar-refractivity contribution in [2.45, 2.75) is 13.3 Å². The third-order valence-electron chi connectivity index (χ3n) is 1.88. The first-order chi connectivity index (χ1) is 7.40. The summed E-state index contributed by atoms with van der Waals surface area (Å²) in [7, 11) is 0. The second-order valence-corrected chi connectivity index (χ2v) is 4.65. The molecule has 16 heavy (non-hydrogen) atoms. The molecule has 1 aromatic carbocycles. The highest BCUT2D eigenvalue weighted by molar-refractivity contribution is 9.10. The number of nitrogens with one attached hydrogen (secondary N) is 1. The molecule has 3 nitrogen and oxygen atoms in total. The van der Waals surface area contributed by atoms with E-state index >= 15 is 0 Å². The van der Waals surface area contributed by atoms with E-state index in [2.05, 4.69) is 33.5 Å². The van der Waals surface area contributed by atoms with E-state index < -0.39 is 5.82 Å². The van der Waals surface area contributed by atoms with E-state index in [0.29, 0.717) is 10.2 Å². The van der Waals surface area contributed by atoms with E-state index in [4.69, 9.17) is 5.73 Å². The van der Waals surface area contributed by atoms with Gasteiger partial charge in [0.25, 0.3) is 0 Å². The molecule has 0 saturated carbocycles. The summed E-state index contributed by atoms with van der Waals surface area (Å²) >= 11 is 7.66. The van der Waals surface area contributed by atoms with Crippen LogP contribution in [0.25, 0.3) is 0 Å². The molecule has 0 heterocycles. The summed E-state index contributed by atoms with van der Waals surface area (Å²) < 4.78 is 13.6. The molecular formula is C10H10BrFN2OS. The lowest BCUT2D eigenvalue weighted by molar-refractivity contribution is -0.115. The second kappa shape index (κ2) is 5.36. The first-order valence-corrected chi connectivity index (χ1v) is 5.64. The van der Waals surface area contributed by atoms with Crippen LogP contribution in [-0.2, 0) is 4.79 Å². The smallest absolute Gasteiger partial charge is 0.231 e. The van der Waals surface area contributed by atoms with Crippen molar-refractivity contribution in [2.75, 3.05) is 5.32 Å². The van der Waals surface area contributed by atoms with Gasteiger partial charge < -0.3 is 11.1 Å². The van der Waals surface area contributed by atoms with Crippen molar-refractivity contribution in [3.8, 4) is 0 Å². The number of rotatable bonds is 3. The number of aryl methyl sites for hydroxylation is 1. The van der Waals surface area contributed by atoms with Crippen LogP contribution in [0.4, 0.5) is 10.1 Å². The van der Waals surface area contributed by atoms with Crippen LogP contribution in [0.15, 0.2) is 16.6 Å². The maximum atomic E-state index is 13.2. The van der Waals surface area contributed by atoms with Gasteiger partial charge in [-0.15, -0.1) is 0 Å². The number of carbonyl (C=O) groups is 1. The predicted molar refractivity (Wildman–Crippen MR) is 68.9 cm³/mol. The average molecular weight is 305 g/mol. The van der Waals surface area contributed by atoms with E-state index in [1.54, 1.807) is 13.0 Å². The van der Waals surface area contributed by atoms with Crippen molar-refractivity contribution in [1.29, 1.82) is 0 Å². The van der Waals surface area contributed by atoms with Gasteiger partial charge in [-0.2, -0.15) is 0 Å². The van der Waals surface area contributed by atoms with Crippen molar-refractivity contribution in [1.82, 2.24) is 0 Å².